The van der Waals surface area contributed by atoms with E-state index in [1.54, 1.807) is 25.0 Å². The van der Waals surface area contributed by atoms with Crippen LogP contribution in [-0.2, 0) is 5.41 Å². The molecular weight excluding hydrogens is 412 g/mol. The summed E-state index contributed by atoms with van der Waals surface area (Å²) in [6.45, 7) is 4.20. The van der Waals surface area contributed by atoms with Crippen LogP contribution in [0.15, 0.2) is 85.7 Å². The lowest BCUT2D eigenvalue weighted by Gasteiger charge is -2.24. The van der Waals surface area contributed by atoms with Crippen LogP contribution in [-0.4, -0.2) is 39.0 Å². The second kappa shape index (κ2) is 7.30. The normalized spacial score (nSPS) is 11.9. The second-order valence-corrected chi connectivity index (χ2v) is 8.32. The highest BCUT2D eigenvalue weighted by Crippen LogP contribution is 2.29. The average Bonchev–Trinajstić information content (AvgIpc) is 3.49. The van der Waals surface area contributed by atoms with Crippen molar-refractivity contribution < 1.29 is 0 Å². The topological polar surface area (TPSA) is 87.2 Å². The maximum absolute atomic E-state index is 4.89. The molecule has 0 atom stereocenters. The van der Waals surface area contributed by atoms with Gasteiger partial charge in [-0.15, -0.1) is 0 Å². The predicted octanol–water partition coefficient (Wildman–Crippen LogP) is 4.27. The first kappa shape index (κ1) is 19.2. The van der Waals surface area contributed by atoms with Gasteiger partial charge < -0.3 is 0 Å². The number of imidazole rings is 2. The van der Waals surface area contributed by atoms with Gasteiger partial charge in [0.15, 0.2) is 0 Å². The van der Waals surface area contributed by atoms with Crippen molar-refractivity contribution in [2.75, 3.05) is 0 Å². The molecule has 6 aromatic rings. The molecule has 0 aliphatic rings. The molecule has 2 aromatic carbocycles. The Morgan fingerprint density at radius 1 is 0.576 bits per heavy atom. The highest BCUT2D eigenvalue weighted by Gasteiger charge is 2.28. The van der Waals surface area contributed by atoms with Crippen LogP contribution in [0.2, 0.25) is 0 Å². The first-order valence-corrected chi connectivity index (χ1v) is 10.6. The standard InChI is InChI=1S/C25H20N8/c1-25(2,21-11-13-26-23(30-21)32-15-28-17-7-3-5-9-19(17)32)22-12-14-27-24(31-22)33-16-29-18-8-4-6-10-20(18)33/h3-16H,1-2H3. The van der Waals surface area contributed by atoms with Gasteiger partial charge in [-0.2, -0.15) is 0 Å². The zero-order valence-electron chi connectivity index (χ0n) is 18.2. The predicted molar refractivity (Wildman–Crippen MR) is 125 cm³/mol. The van der Waals surface area contributed by atoms with Gasteiger partial charge in [0, 0.05) is 17.8 Å². The molecule has 160 valence electrons. The fourth-order valence-electron chi connectivity index (χ4n) is 3.99. The Morgan fingerprint density at radius 3 is 1.52 bits per heavy atom. The van der Waals surface area contributed by atoms with E-state index in [2.05, 4.69) is 33.8 Å². The number of benzene rings is 2. The SMILES string of the molecule is CC(C)(c1ccnc(-n2cnc3ccccc32)n1)c1ccnc(-n2cnc3ccccc32)n1. The molecule has 0 amide bonds. The summed E-state index contributed by atoms with van der Waals surface area (Å²) in [6.07, 6.45) is 7.06. The van der Waals surface area contributed by atoms with Gasteiger partial charge >= 0.3 is 0 Å². The molecular formula is C25H20N8. The van der Waals surface area contributed by atoms with Crippen molar-refractivity contribution in [1.29, 1.82) is 0 Å². The lowest BCUT2D eigenvalue weighted by atomic mass is 9.85. The molecule has 4 aromatic heterocycles. The summed E-state index contributed by atoms with van der Waals surface area (Å²) >= 11 is 0. The van der Waals surface area contributed by atoms with Crippen LogP contribution >= 0.6 is 0 Å². The van der Waals surface area contributed by atoms with E-state index in [-0.39, 0.29) is 0 Å². The van der Waals surface area contributed by atoms with Gasteiger partial charge in [0.05, 0.1) is 33.5 Å². The van der Waals surface area contributed by atoms with Crippen molar-refractivity contribution in [1.82, 2.24) is 39.0 Å². The Morgan fingerprint density at radius 2 is 1.03 bits per heavy atom. The Kier molecular flexibility index (Phi) is 4.26. The average molecular weight is 432 g/mol. The number of aromatic nitrogens is 8. The van der Waals surface area contributed by atoms with Gasteiger partial charge in [-0.3, -0.25) is 9.13 Å². The van der Waals surface area contributed by atoms with E-state index in [9.17, 15) is 0 Å². The van der Waals surface area contributed by atoms with Gasteiger partial charge in [0.25, 0.3) is 0 Å². The molecule has 6 rings (SSSR count). The first-order valence-electron chi connectivity index (χ1n) is 10.6. The quantitative estimate of drug-likeness (QED) is 0.413. The smallest absolute Gasteiger partial charge is 0.235 e. The van der Waals surface area contributed by atoms with Gasteiger partial charge in [-0.05, 0) is 50.2 Å². The van der Waals surface area contributed by atoms with E-state index in [0.29, 0.717) is 11.9 Å². The van der Waals surface area contributed by atoms with Crippen LogP contribution in [0.1, 0.15) is 25.2 Å². The Labute approximate surface area is 189 Å². The molecule has 33 heavy (non-hydrogen) atoms. The van der Waals surface area contributed by atoms with E-state index in [4.69, 9.17) is 9.97 Å². The summed E-state index contributed by atoms with van der Waals surface area (Å²) < 4.78 is 3.80. The number of rotatable bonds is 4. The molecule has 8 heteroatoms. The van der Waals surface area contributed by atoms with Crippen molar-refractivity contribution in [2.24, 2.45) is 0 Å². The Hall–Kier alpha value is -4.46. The van der Waals surface area contributed by atoms with Crippen LogP contribution in [0.25, 0.3) is 34.0 Å². The summed E-state index contributed by atoms with van der Waals surface area (Å²) in [5.41, 5.74) is 4.95. The number of fused-ring (bicyclic) bond motifs is 2. The third kappa shape index (κ3) is 3.15. The third-order valence-electron chi connectivity index (χ3n) is 5.90. The van der Waals surface area contributed by atoms with E-state index in [1.165, 1.54) is 0 Å². The van der Waals surface area contributed by atoms with Crippen molar-refractivity contribution in [3.63, 3.8) is 0 Å². The molecule has 0 spiro atoms. The minimum atomic E-state index is -0.484. The van der Waals surface area contributed by atoms with Crippen LogP contribution in [0.5, 0.6) is 0 Å². The largest absolute Gasteiger partial charge is 0.267 e. The molecule has 0 fully saturated rings. The molecule has 0 aliphatic heterocycles. The van der Waals surface area contributed by atoms with Gasteiger partial charge in [-0.25, -0.2) is 29.9 Å². The lowest BCUT2D eigenvalue weighted by molar-refractivity contribution is 0.586. The summed E-state index contributed by atoms with van der Waals surface area (Å²) in [4.78, 5) is 27.7. The highest BCUT2D eigenvalue weighted by molar-refractivity contribution is 5.77. The maximum atomic E-state index is 4.89. The molecule has 0 radical (unpaired) electrons. The fourth-order valence-corrected chi connectivity index (χ4v) is 3.99. The van der Waals surface area contributed by atoms with Gasteiger partial charge in [0.2, 0.25) is 11.9 Å². The second-order valence-electron chi connectivity index (χ2n) is 8.32. The molecule has 0 bridgehead atoms. The zero-order valence-corrected chi connectivity index (χ0v) is 18.2. The van der Waals surface area contributed by atoms with E-state index < -0.39 is 5.41 Å². The molecule has 0 saturated heterocycles. The molecule has 4 heterocycles. The van der Waals surface area contributed by atoms with Crippen molar-refractivity contribution >= 4 is 22.1 Å². The molecule has 0 unspecified atom stereocenters. The molecule has 0 saturated carbocycles. The van der Waals surface area contributed by atoms with Crippen molar-refractivity contribution in [3.8, 4) is 11.9 Å². The van der Waals surface area contributed by atoms with Gasteiger partial charge in [-0.1, -0.05) is 24.3 Å². The minimum absolute atomic E-state index is 0.484. The number of hydrogen-bond donors (Lipinski definition) is 0. The van der Waals surface area contributed by atoms with Crippen molar-refractivity contribution in [3.05, 3.63) is 97.1 Å². The summed E-state index contributed by atoms with van der Waals surface area (Å²) in [5, 5.41) is 0. The summed E-state index contributed by atoms with van der Waals surface area (Å²) in [5.74, 6) is 1.15. The van der Waals surface area contributed by atoms with E-state index in [1.807, 2.05) is 69.8 Å². The molecule has 8 nitrogen and oxygen atoms in total. The van der Waals surface area contributed by atoms with Crippen LogP contribution in [0, 0.1) is 0 Å². The van der Waals surface area contributed by atoms with Crippen molar-refractivity contribution in [2.45, 2.75) is 19.3 Å². The van der Waals surface area contributed by atoms with Crippen LogP contribution in [0.3, 0.4) is 0 Å². The zero-order chi connectivity index (χ0) is 22.4. The summed E-state index contributed by atoms with van der Waals surface area (Å²) in [7, 11) is 0. The van der Waals surface area contributed by atoms with Gasteiger partial charge in [0.1, 0.15) is 12.7 Å². The lowest BCUT2D eigenvalue weighted by Crippen LogP contribution is -2.24. The fraction of sp³-hybridized carbons (Fsp3) is 0.120. The maximum Gasteiger partial charge on any atom is 0.235 e. The Balaban J connectivity index is 1.42. The molecule has 0 N–H and O–H groups in total. The number of nitrogens with zero attached hydrogens (tertiary/aromatic N) is 8. The number of hydrogen-bond acceptors (Lipinski definition) is 6. The van der Waals surface area contributed by atoms with Crippen LogP contribution in [0.4, 0.5) is 0 Å². The van der Waals surface area contributed by atoms with E-state index in [0.717, 1.165) is 33.5 Å². The Bertz CT molecular complexity index is 1490. The van der Waals surface area contributed by atoms with Crippen LogP contribution < -0.4 is 0 Å². The van der Waals surface area contributed by atoms with E-state index >= 15 is 0 Å². The summed E-state index contributed by atoms with van der Waals surface area (Å²) in [6, 6.07) is 19.7. The minimum Gasteiger partial charge on any atom is -0.267 e. The highest BCUT2D eigenvalue weighted by atomic mass is 15.2. The molecule has 0 aliphatic carbocycles. The third-order valence-corrected chi connectivity index (χ3v) is 5.90. The monoisotopic (exact) mass is 432 g/mol. The first-order chi connectivity index (χ1) is 16.1. The number of para-hydroxylation sites is 4.